The first kappa shape index (κ1) is 26.4. The van der Waals surface area contributed by atoms with E-state index in [1.165, 1.54) is 22.7 Å². The van der Waals surface area contributed by atoms with E-state index in [0.29, 0.717) is 25.1 Å². The minimum absolute atomic E-state index is 0.0330. The number of halogens is 3. The summed E-state index contributed by atoms with van der Waals surface area (Å²) in [4.78, 5) is 12.5. The number of carbonyl (C=O) groups excluding carboxylic acids is 1. The summed E-state index contributed by atoms with van der Waals surface area (Å²) in [5.41, 5.74) is 2.37. The highest BCUT2D eigenvalue weighted by Gasteiger charge is 2.31. The molecule has 1 saturated heterocycles. The van der Waals surface area contributed by atoms with Crippen molar-refractivity contribution in [2.24, 2.45) is 5.92 Å². The summed E-state index contributed by atoms with van der Waals surface area (Å²) >= 11 is 0. The Bertz CT molecular complexity index is 1120. The number of rotatable bonds is 7. The van der Waals surface area contributed by atoms with Gasteiger partial charge in [0.15, 0.2) is 0 Å². The lowest BCUT2D eigenvalue weighted by molar-refractivity contribution is -0.137. The monoisotopic (exact) mass is 495 g/mol. The summed E-state index contributed by atoms with van der Waals surface area (Å²) < 4.78 is 64.9. The predicted molar refractivity (Wildman–Crippen MR) is 128 cm³/mol. The van der Waals surface area contributed by atoms with Crippen molar-refractivity contribution in [1.29, 1.82) is 0 Å². The van der Waals surface area contributed by atoms with E-state index in [-0.39, 0.29) is 23.5 Å². The van der Waals surface area contributed by atoms with Gasteiger partial charge >= 0.3 is 6.18 Å². The molecule has 1 fully saturated rings. The Morgan fingerprint density at radius 1 is 1.09 bits per heavy atom. The third-order valence-corrected chi connectivity index (χ3v) is 7.72. The molecule has 8 heteroatoms. The lowest BCUT2D eigenvalue weighted by Crippen LogP contribution is -2.38. The second kappa shape index (κ2) is 10.2. The number of Topliss-reactive ketones (excluding diaryl/α,β-unsaturated/α-hetero) is 1. The second-order valence-corrected chi connectivity index (χ2v) is 11.7. The summed E-state index contributed by atoms with van der Waals surface area (Å²) in [6, 6.07) is 10.8. The zero-order valence-electron chi connectivity index (χ0n) is 20.0. The highest BCUT2D eigenvalue weighted by Crippen LogP contribution is 2.37. The Morgan fingerprint density at radius 2 is 1.74 bits per heavy atom. The van der Waals surface area contributed by atoms with Crippen LogP contribution in [-0.4, -0.2) is 37.9 Å². The van der Waals surface area contributed by atoms with Gasteiger partial charge in [0.1, 0.15) is 5.78 Å². The minimum atomic E-state index is -4.42. The zero-order valence-corrected chi connectivity index (χ0v) is 20.8. The molecule has 4 nitrogen and oxygen atoms in total. The van der Waals surface area contributed by atoms with Crippen LogP contribution in [0.3, 0.4) is 0 Å². The van der Waals surface area contributed by atoms with Gasteiger partial charge in [-0.1, -0.05) is 44.2 Å². The molecule has 3 rings (SSSR count). The molecule has 186 valence electrons. The molecule has 0 N–H and O–H groups in total. The SMILES string of the molecule is CC(=O)C(CC(C)C)c1cc(-c2ccc(C(F)(F)F)cc2)cc(C2CCCN(S(C)(=O)=O)C2)c1. The number of sulfonamides is 1. The van der Waals surface area contributed by atoms with Gasteiger partial charge in [0.25, 0.3) is 0 Å². The van der Waals surface area contributed by atoms with Gasteiger partial charge in [-0.25, -0.2) is 12.7 Å². The zero-order chi connectivity index (χ0) is 25.3. The molecule has 0 saturated carbocycles. The van der Waals surface area contributed by atoms with Crippen LogP contribution >= 0.6 is 0 Å². The van der Waals surface area contributed by atoms with Crippen molar-refractivity contribution < 1.29 is 26.4 Å². The number of hydrogen-bond donors (Lipinski definition) is 0. The maximum absolute atomic E-state index is 13.1. The lowest BCUT2D eigenvalue weighted by atomic mass is 9.82. The van der Waals surface area contributed by atoms with Crippen LogP contribution in [0.4, 0.5) is 13.2 Å². The molecule has 0 bridgehead atoms. The Labute approximate surface area is 200 Å². The molecule has 2 atom stereocenters. The molecule has 0 aromatic heterocycles. The van der Waals surface area contributed by atoms with Crippen LogP contribution in [-0.2, 0) is 21.0 Å². The largest absolute Gasteiger partial charge is 0.416 e. The fourth-order valence-corrected chi connectivity index (χ4v) is 5.57. The van der Waals surface area contributed by atoms with Crippen molar-refractivity contribution in [3.05, 3.63) is 59.2 Å². The molecule has 0 amide bonds. The number of benzene rings is 2. The van der Waals surface area contributed by atoms with E-state index in [2.05, 4.69) is 0 Å². The number of hydrogen-bond acceptors (Lipinski definition) is 3. The van der Waals surface area contributed by atoms with Gasteiger partial charge in [-0.2, -0.15) is 13.2 Å². The average molecular weight is 496 g/mol. The Hall–Kier alpha value is -2.19. The Kier molecular flexibility index (Phi) is 7.92. The smallest absolute Gasteiger partial charge is 0.299 e. The Balaban J connectivity index is 2.09. The summed E-state index contributed by atoms with van der Waals surface area (Å²) in [6.45, 7) is 6.47. The molecule has 2 aromatic rings. The number of nitrogens with zero attached hydrogens (tertiary/aromatic N) is 1. The maximum Gasteiger partial charge on any atom is 0.416 e. The van der Waals surface area contributed by atoms with Gasteiger partial charge < -0.3 is 0 Å². The normalized spacial score (nSPS) is 18.8. The van der Waals surface area contributed by atoms with E-state index in [1.54, 1.807) is 6.92 Å². The van der Waals surface area contributed by atoms with Crippen molar-refractivity contribution >= 4 is 15.8 Å². The van der Waals surface area contributed by atoms with E-state index in [1.807, 2.05) is 32.0 Å². The van der Waals surface area contributed by atoms with Crippen molar-refractivity contribution in [3.8, 4) is 11.1 Å². The standard InChI is InChI=1S/C26H32F3NO3S/c1-17(2)12-25(18(3)31)23-14-21(19-7-9-24(10-8-19)26(27,28)29)13-22(15-23)20-6-5-11-30(16-20)34(4,32)33/h7-10,13-15,17,20,25H,5-6,11-12,16H2,1-4H3. The maximum atomic E-state index is 13.1. The third-order valence-electron chi connectivity index (χ3n) is 6.45. The van der Waals surface area contributed by atoms with Gasteiger partial charge in [-0.3, -0.25) is 4.79 Å². The van der Waals surface area contributed by atoms with Crippen LogP contribution in [0.15, 0.2) is 42.5 Å². The summed E-state index contributed by atoms with van der Waals surface area (Å²) in [6.07, 6.45) is -1.03. The molecule has 0 aliphatic carbocycles. The number of carbonyl (C=O) groups is 1. The summed E-state index contributed by atoms with van der Waals surface area (Å²) in [5, 5.41) is 0. The van der Waals surface area contributed by atoms with Crippen LogP contribution in [0.25, 0.3) is 11.1 Å². The van der Waals surface area contributed by atoms with E-state index in [9.17, 15) is 26.4 Å². The molecule has 2 aromatic carbocycles. The fraction of sp³-hybridized carbons (Fsp3) is 0.500. The van der Waals surface area contributed by atoms with Crippen LogP contribution in [0.1, 0.15) is 68.6 Å². The molecule has 0 spiro atoms. The fourth-order valence-electron chi connectivity index (χ4n) is 4.66. The molecule has 1 aliphatic rings. The van der Waals surface area contributed by atoms with E-state index in [0.717, 1.165) is 41.7 Å². The second-order valence-electron chi connectivity index (χ2n) is 9.72. The van der Waals surface area contributed by atoms with Crippen molar-refractivity contribution in [2.45, 2.75) is 58.0 Å². The number of piperidine rings is 1. The molecule has 1 heterocycles. The molecule has 2 unspecified atom stereocenters. The summed E-state index contributed by atoms with van der Waals surface area (Å²) in [5.74, 6) is -0.0702. The van der Waals surface area contributed by atoms with Gasteiger partial charge in [-0.15, -0.1) is 0 Å². The minimum Gasteiger partial charge on any atom is -0.299 e. The lowest BCUT2D eigenvalue weighted by Gasteiger charge is -2.32. The van der Waals surface area contributed by atoms with E-state index < -0.39 is 21.8 Å². The van der Waals surface area contributed by atoms with Crippen molar-refractivity contribution in [2.75, 3.05) is 19.3 Å². The van der Waals surface area contributed by atoms with Gasteiger partial charge in [0.05, 0.1) is 11.8 Å². The van der Waals surface area contributed by atoms with Crippen LogP contribution < -0.4 is 0 Å². The average Bonchev–Trinajstić information content (AvgIpc) is 2.76. The predicted octanol–water partition coefficient (Wildman–Crippen LogP) is 6.23. The van der Waals surface area contributed by atoms with Crippen LogP contribution in [0, 0.1) is 5.92 Å². The van der Waals surface area contributed by atoms with E-state index in [4.69, 9.17) is 0 Å². The van der Waals surface area contributed by atoms with Gasteiger partial charge in [-0.05, 0) is 72.4 Å². The molecule has 0 radical (unpaired) electrons. The Morgan fingerprint density at radius 3 is 2.26 bits per heavy atom. The van der Waals surface area contributed by atoms with Crippen LogP contribution in [0.2, 0.25) is 0 Å². The first-order valence-electron chi connectivity index (χ1n) is 11.5. The molecule has 1 aliphatic heterocycles. The van der Waals surface area contributed by atoms with Crippen molar-refractivity contribution in [3.63, 3.8) is 0 Å². The molecular formula is C26H32F3NO3S. The van der Waals surface area contributed by atoms with Crippen LogP contribution in [0.5, 0.6) is 0 Å². The quantitative estimate of drug-likeness (QED) is 0.458. The van der Waals surface area contributed by atoms with E-state index >= 15 is 0 Å². The highest BCUT2D eigenvalue weighted by molar-refractivity contribution is 7.88. The van der Waals surface area contributed by atoms with Gasteiger partial charge in [0, 0.05) is 19.0 Å². The van der Waals surface area contributed by atoms with Crippen molar-refractivity contribution in [1.82, 2.24) is 4.31 Å². The van der Waals surface area contributed by atoms with Gasteiger partial charge in [0.2, 0.25) is 10.0 Å². The third kappa shape index (κ3) is 6.48. The first-order valence-corrected chi connectivity index (χ1v) is 13.4. The molecular weight excluding hydrogens is 463 g/mol. The summed E-state index contributed by atoms with van der Waals surface area (Å²) in [7, 11) is -3.33. The number of alkyl halides is 3. The number of ketones is 1. The topological polar surface area (TPSA) is 54.5 Å². The first-order chi connectivity index (χ1) is 15.8. The highest BCUT2D eigenvalue weighted by atomic mass is 32.2. The molecule has 34 heavy (non-hydrogen) atoms.